The van der Waals surface area contributed by atoms with E-state index in [1.165, 1.54) is 269 Å². The van der Waals surface area contributed by atoms with Crippen molar-refractivity contribution < 1.29 is 55.8 Å². The molecule has 5 aliphatic carbocycles. The molecule has 0 aromatic carbocycles. The monoisotopic (exact) mass is 1280 g/mol. The first-order valence-electron chi connectivity index (χ1n) is 39.6. The average Bonchev–Trinajstić information content (AvgIpc) is 3.59. The Morgan fingerprint density at radius 3 is 0.267 bits per heavy atom. The van der Waals surface area contributed by atoms with Gasteiger partial charge in [0.15, 0.2) is 28.9 Å². The highest BCUT2D eigenvalue weighted by Gasteiger charge is 2.25. The van der Waals surface area contributed by atoms with Crippen LogP contribution in [0.1, 0.15) is 449 Å². The van der Waals surface area contributed by atoms with Crippen molar-refractivity contribution in [3.05, 3.63) is 25.7 Å². The summed E-state index contributed by atoms with van der Waals surface area (Å²) >= 11 is 0. The van der Waals surface area contributed by atoms with Crippen molar-refractivity contribution >= 4 is 0 Å². The van der Waals surface area contributed by atoms with Crippen molar-refractivity contribution in [1.29, 1.82) is 0 Å². The third kappa shape index (κ3) is 69.7. The molecule has 0 amide bonds. The first-order valence-corrected chi connectivity index (χ1v) is 39.6. The third-order valence-electron chi connectivity index (χ3n) is 19.7. The predicted molar refractivity (Wildman–Crippen MR) is 381 cm³/mol. The molecule has 0 saturated heterocycles. The zero-order valence-corrected chi connectivity index (χ0v) is 59.4. The third-order valence-corrected chi connectivity index (χ3v) is 19.7. The van der Waals surface area contributed by atoms with Gasteiger partial charge in [-0.1, -0.05) is 334 Å². The van der Waals surface area contributed by atoms with Crippen LogP contribution in [0.3, 0.4) is 0 Å². The fraction of sp³-hybridized carbons (Fsp3) is 0.949. The zero-order valence-electron chi connectivity index (χ0n) is 59.4. The Balaban J connectivity index is 0.00000108. The van der Waals surface area contributed by atoms with Crippen LogP contribution in [0, 0.1) is 0 Å². The molecule has 90 heavy (non-hydrogen) atoms. The minimum atomic E-state index is -1.39. The van der Waals surface area contributed by atoms with Gasteiger partial charge >= 0.3 is 0 Å². The topological polar surface area (TPSA) is 212 Å². The van der Waals surface area contributed by atoms with Gasteiger partial charge in [-0.3, -0.25) is 0 Å². The van der Waals surface area contributed by atoms with Gasteiger partial charge in [-0.2, -0.15) is 0 Å². The number of hydrogen-bond acceptors (Lipinski definition) is 11. The van der Waals surface area contributed by atoms with E-state index in [1.807, 2.05) is 0 Å². The summed E-state index contributed by atoms with van der Waals surface area (Å²) in [6.45, 7) is 6.51. The Morgan fingerprint density at radius 1 is 0.144 bits per heavy atom. The first-order chi connectivity index (χ1) is 43.4. The van der Waals surface area contributed by atoms with Crippen LogP contribution in [0.2, 0.25) is 0 Å². The highest BCUT2D eigenvalue weighted by atomic mass is 16.5. The number of aliphatic hydroxyl groups is 10. The van der Waals surface area contributed by atoms with Crippen LogP contribution in [0.15, 0.2) is 25.7 Å². The second-order valence-corrected chi connectivity index (χ2v) is 29.1. The fourth-order valence-corrected chi connectivity index (χ4v) is 13.6. The standard InChI is InChI=1S/5C15H30O2.C4H6O/c5*16-15(17)13-11-9-7-5-3-1-2-4-6-8-10-12-14-15;1-3-5-4-2/h5*16-17H,1-14H2;3-4H,1-2H2. The van der Waals surface area contributed by atoms with E-state index < -0.39 is 28.9 Å². The summed E-state index contributed by atoms with van der Waals surface area (Å²) < 4.78 is 4.36. The molecule has 11 nitrogen and oxygen atoms in total. The van der Waals surface area contributed by atoms with Crippen LogP contribution in [0.5, 0.6) is 0 Å². The molecule has 0 bridgehead atoms. The quantitative estimate of drug-likeness (QED) is 0.0928. The Morgan fingerprint density at radius 2 is 0.211 bits per heavy atom. The molecule has 0 unspecified atom stereocenters. The molecule has 0 heterocycles. The molecule has 0 atom stereocenters. The molecule has 10 N–H and O–H groups in total. The van der Waals surface area contributed by atoms with Gasteiger partial charge in [0, 0.05) is 64.2 Å². The molecule has 0 aromatic heterocycles. The van der Waals surface area contributed by atoms with Crippen molar-refractivity contribution in [3.63, 3.8) is 0 Å². The SMILES string of the molecule is C=COC=C.OC1(O)CCCCCCCCCCCCCC1.OC1(O)CCCCCCCCCCCCCC1.OC1(O)CCCCCCCCCCCCCC1.OC1(O)CCCCCCCCCCCCCC1.OC1(O)CCCCCCCCCCCCCC1. The summed E-state index contributed by atoms with van der Waals surface area (Å²) in [7, 11) is 0. The summed E-state index contributed by atoms with van der Waals surface area (Å²) in [5, 5.41) is 98.0. The molecular formula is C79H156O11. The van der Waals surface area contributed by atoms with Crippen molar-refractivity contribution in [3.8, 4) is 0 Å². The van der Waals surface area contributed by atoms with E-state index in [4.69, 9.17) is 0 Å². The molecule has 5 aliphatic rings. The van der Waals surface area contributed by atoms with E-state index in [0.29, 0.717) is 64.2 Å². The predicted octanol–water partition coefficient (Wildman–Crippen LogP) is 22.0. The average molecular weight is 1280 g/mol. The smallest absolute Gasteiger partial charge is 0.162 e. The lowest BCUT2D eigenvalue weighted by atomic mass is 10.00. The summed E-state index contributed by atoms with van der Waals surface area (Å²) in [6, 6.07) is 0. The Bertz CT molecular complexity index is 1140. The lowest BCUT2D eigenvalue weighted by Crippen LogP contribution is -2.27. The Labute approximate surface area is 557 Å². The highest BCUT2D eigenvalue weighted by molar-refractivity contribution is 4.70. The summed E-state index contributed by atoms with van der Waals surface area (Å²) in [4.78, 5) is 0. The van der Waals surface area contributed by atoms with Crippen molar-refractivity contribution in [2.45, 2.75) is 478 Å². The van der Waals surface area contributed by atoms with E-state index in [0.717, 1.165) is 128 Å². The number of hydrogen-bond donors (Lipinski definition) is 10. The van der Waals surface area contributed by atoms with Gasteiger partial charge in [-0.05, 0) is 64.2 Å². The second-order valence-electron chi connectivity index (χ2n) is 29.1. The number of ether oxygens (including phenoxy) is 1. The maximum atomic E-state index is 9.80. The van der Waals surface area contributed by atoms with Gasteiger partial charge in [-0.15, -0.1) is 0 Å². The molecule has 0 aromatic rings. The van der Waals surface area contributed by atoms with Crippen molar-refractivity contribution in [1.82, 2.24) is 0 Å². The van der Waals surface area contributed by atoms with Crippen LogP contribution in [0.25, 0.3) is 0 Å². The van der Waals surface area contributed by atoms with Crippen LogP contribution < -0.4 is 0 Å². The van der Waals surface area contributed by atoms with Gasteiger partial charge in [0.25, 0.3) is 0 Å². The highest BCUT2D eigenvalue weighted by Crippen LogP contribution is 2.28. The minimum Gasteiger partial charge on any atom is -0.474 e. The van der Waals surface area contributed by atoms with E-state index in [1.54, 1.807) is 0 Å². The van der Waals surface area contributed by atoms with Crippen LogP contribution >= 0.6 is 0 Å². The van der Waals surface area contributed by atoms with Crippen LogP contribution in [-0.2, 0) is 4.74 Å². The van der Waals surface area contributed by atoms with E-state index >= 15 is 0 Å². The van der Waals surface area contributed by atoms with Crippen LogP contribution in [-0.4, -0.2) is 80.0 Å². The van der Waals surface area contributed by atoms with Gasteiger partial charge < -0.3 is 55.8 Å². The maximum absolute atomic E-state index is 9.80. The molecule has 0 spiro atoms. The summed E-state index contributed by atoms with van der Waals surface area (Å²) in [5.74, 6) is -6.94. The largest absolute Gasteiger partial charge is 0.474 e. The Kier molecular flexibility index (Phi) is 63.1. The van der Waals surface area contributed by atoms with Gasteiger partial charge in [0.2, 0.25) is 0 Å². The first kappa shape index (κ1) is 88.9. The molecule has 538 valence electrons. The normalized spacial score (nSPS) is 24.6. The molecule has 11 heteroatoms. The van der Waals surface area contributed by atoms with E-state index in [2.05, 4.69) is 17.9 Å². The molecular weight excluding hydrogens is 1120 g/mol. The zero-order chi connectivity index (χ0) is 66.1. The number of rotatable bonds is 2. The molecule has 0 radical (unpaired) electrons. The van der Waals surface area contributed by atoms with Gasteiger partial charge in [0.05, 0.1) is 12.5 Å². The molecule has 0 aliphatic heterocycles. The van der Waals surface area contributed by atoms with Gasteiger partial charge in [-0.25, -0.2) is 0 Å². The second kappa shape index (κ2) is 63.9. The van der Waals surface area contributed by atoms with Crippen LogP contribution in [0.4, 0.5) is 0 Å². The van der Waals surface area contributed by atoms with E-state index in [-0.39, 0.29) is 0 Å². The van der Waals surface area contributed by atoms with E-state index in [9.17, 15) is 51.1 Å². The molecule has 5 rings (SSSR count). The lowest BCUT2D eigenvalue weighted by Gasteiger charge is -2.21. The fourth-order valence-electron chi connectivity index (χ4n) is 13.6. The minimum absolute atomic E-state index is 0.562. The lowest BCUT2D eigenvalue weighted by molar-refractivity contribution is -0.172. The molecule has 5 saturated carbocycles. The summed E-state index contributed by atoms with van der Waals surface area (Å²) in [6.07, 6.45) is 82.9. The van der Waals surface area contributed by atoms with Crippen molar-refractivity contribution in [2.24, 2.45) is 0 Å². The maximum Gasteiger partial charge on any atom is 0.162 e. The Hall–Kier alpha value is -1.12. The molecule has 5 fully saturated rings. The van der Waals surface area contributed by atoms with Gasteiger partial charge in [0.1, 0.15) is 0 Å². The van der Waals surface area contributed by atoms with Crippen molar-refractivity contribution in [2.75, 3.05) is 0 Å². The summed E-state index contributed by atoms with van der Waals surface area (Å²) in [5.41, 5.74) is 0.